The van der Waals surface area contributed by atoms with E-state index in [1.807, 2.05) is 45.9 Å². The standard InChI is InChI=1S/C23H31N5O4/c1-13(2)17(24)23(31)28-12-8-11-16(28)20(30)25-18(14(3)4)19(29)22-27-26-21(32-22)15-9-6-5-7-10-15/h5-7,9-10,13-14,16-18H,8,11-12,24H2,1-4H3,(H,25,30)/t16-,17-,18-/m0/s1. The van der Waals surface area contributed by atoms with E-state index in [1.54, 1.807) is 12.1 Å². The van der Waals surface area contributed by atoms with Crippen LogP contribution < -0.4 is 11.1 Å². The number of ketones is 1. The van der Waals surface area contributed by atoms with Crippen LogP contribution >= 0.6 is 0 Å². The molecule has 9 nitrogen and oxygen atoms in total. The summed E-state index contributed by atoms with van der Waals surface area (Å²) in [6, 6.07) is 6.96. The highest BCUT2D eigenvalue weighted by atomic mass is 16.4. The molecule has 0 aliphatic carbocycles. The first-order valence-electron chi connectivity index (χ1n) is 11.0. The Bertz CT molecular complexity index is 956. The zero-order valence-electron chi connectivity index (χ0n) is 18.9. The molecule has 0 saturated carbocycles. The van der Waals surface area contributed by atoms with Gasteiger partial charge in [-0.05, 0) is 36.8 Å². The molecule has 3 atom stereocenters. The Labute approximate surface area is 187 Å². The van der Waals surface area contributed by atoms with Crippen LogP contribution in [0.3, 0.4) is 0 Å². The Morgan fingerprint density at radius 2 is 1.78 bits per heavy atom. The average Bonchev–Trinajstić information content (AvgIpc) is 3.46. The minimum absolute atomic E-state index is 0.0341. The molecule has 9 heteroatoms. The lowest BCUT2D eigenvalue weighted by Crippen LogP contribution is -2.55. The summed E-state index contributed by atoms with van der Waals surface area (Å²) in [5.74, 6) is -1.26. The van der Waals surface area contributed by atoms with Crippen LogP contribution in [0.5, 0.6) is 0 Å². The summed E-state index contributed by atoms with van der Waals surface area (Å²) in [5, 5.41) is 10.7. The number of aromatic nitrogens is 2. The maximum atomic E-state index is 13.1. The molecular formula is C23H31N5O4. The number of nitrogens with zero attached hydrogens (tertiary/aromatic N) is 3. The van der Waals surface area contributed by atoms with Crippen molar-refractivity contribution in [3.05, 3.63) is 36.2 Å². The second-order valence-electron chi connectivity index (χ2n) is 8.83. The first-order chi connectivity index (χ1) is 15.2. The third kappa shape index (κ3) is 5.04. The highest BCUT2D eigenvalue weighted by molar-refractivity contribution is 6.00. The Hall–Kier alpha value is -3.07. The molecule has 0 bridgehead atoms. The van der Waals surface area contributed by atoms with Crippen molar-refractivity contribution < 1.29 is 18.8 Å². The molecule has 1 aliphatic rings. The molecule has 1 fully saturated rings. The summed E-state index contributed by atoms with van der Waals surface area (Å²) in [7, 11) is 0. The number of Topliss-reactive ketones (excluding diaryl/α,β-unsaturated/α-hetero) is 1. The number of rotatable bonds is 8. The molecule has 3 N–H and O–H groups in total. The van der Waals surface area contributed by atoms with Gasteiger partial charge in [-0.1, -0.05) is 45.9 Å². The summed E-state index contributed by atoms with van der Waals surface area (Å²) in [4.78, 5) is 40.4. The summed E-state index contributed by atoms with van der Waals surface area (Å²) in [6.45, 7) is 7.86. The van der Waals surface area contributed by atoms with Crippen molar-refractivity contribution in [2.24, 2.45) is 17.6 Å². The van der Waals surface area contributed by atoms with Crippen LogP contribution in [0.4, 0.5) is 0 Å². The molecule has 0 unspecified atom stereocenters. The van der Waals surface area contributed by atoms with E-state index in [0.717, 1.165) is 0 Å². The van der Waals surface area contributed by atoms with Crippen LogP contribution in [-0.2, 0) is 9.59 Å². The molecule has 1 aliphatic heterocycles. The fraction of sp³-hybridized carbons (Fsp3) is 0.522. The summed E-state index contributed by atoms with van der Waals surface area (Å²) >= 11 is 0. The van der Waals surface area contributed by atoms with Crippen LogP contribution in [0.1, 0.15) is 51.2 Å². The number of likely N-dealkylation sites (tertiary alicyclic amines) is 1. The molecule has 0 spiro atoms. The SMILES string of the molecule is CC(C)[C@H](N)C(=O)N1CCC[C@H]1C(=O)N[C@H](C(=O)c1nnc(-c2ccccc2)o1)C(C)C. The summed E-state index contributed by atoms with van der Waals surface area (Å²) in [6.07, 6.45) is 1.24. The number of carbonyl (C=O) groups is 3. The molecule has 1 aromatic heterocycles. The van der Waals surface area contributed by atoms with E-state index in [4.69, 9.17) is 10.2 Å². The topological polar surface area (TPSA) is 131 Å². The number of amides is 2. The van der Waals surface area contributed by atoms with Crippen LogP contribution in [0.2, 0.25) is 0 Å². The maximum Gasteiger partial charge on any atom is 0.286 e. The highest BCUT2D eigenvalue weighted by Gasteiger charge is 2.39. The minimum Gasteiger partial charge on any atom is -0.414 e. The number of nitrogens with two attached hydrogens (primary N) is 1. The Morgan fingerprint density at radius 3 is 2.41 bits per heavy atom. The van der Waals surface area contributed by atoms with Gasteiger partial charge in [0.2, 0.25) is 23.5 Å². The number of nitrogens with one attached hydrogen (secondary N) is 1. The van der Waals surface area contributed by atoms with Crippen molar-refractivity contribution in [3.63, 3.8) is 0 Å². The van der Waals surface area contributed by atoms with Gasteiger partial charge in [0.1, 0.15) is 6.04 Å². The lowest BCUT2D eigenvalue weighted by atomic mass is 9.98. The van der Waals surface area contributed by atoms with E-state index in [9.17, 15) is 14.4 Å². The zero-order chi connectivity index (χ0) is 23.4. The van der Waals surface area contributed by atoms with Crippen LogP contribution in [0, 0.1) is 11.8 Å². The van der Waals surface area contributed by atoms with Crippen molar-refractivity contribution in [2.75, 3.05) is 6.54 Å². The lowest BCUT2D eigenvalue weighted by Gasteiger charge is -2.29. The highest BCUT2D eigenvalue weighted by Crippen LogP contribution is 2.22. The van der Waals surface area contributed by atoms with Gasteiger partial charge in [-0.2, -0.15) is 0 Å². The van der Waals surface area contributed by atoms with Crippen molar-refractivity contribution in [1.82, 2.24) is 20.4 Å². The van der Waals surface area contributed by atoms with E-state index in [0.29, 0.717) is 24.9 Å². The predicted molar refractivity (Wildman–Crippen MR) is 118 cm³/mol. The molecule has 0 radical (unpaired) electrons. The summed E-state index contributed by atoms with van der Waals surface area (Å²) in [5.41, 5.74) is 6.72. The van der Waals surface area contributed by atoms with E-state index in [2.05, 4.69) is 15.5 Å². The molecule has 3 rings (SSSR count). The monoisotopic (exact) mass is 441 g/mol. The van der Waals surface area contributed by atoms with Gasteiger partial charge < -0.3 is 20.4 Å². The van der Waals surface area contributed by atoms with Crippen LogP contribution in [0.25, 0.3) is 11.5 Å². The number of benzene rings is 1. The lowest BCUT2D eigenvalue weighted by molar-refractivity contribution is -0.140. The second kappa shape index (κ2) is 10.0. The van der Waals surface area contributed by atoms with Crippen molar-refractivity contribution >= 4 is 17.6 Å². The minimum atomic E-state index is -0.858. The predicted octanol–water partition coefficient (Wildman–Crippen LogP) is 2.03. The second-order valence-corrected chi connectivity index (χ2v) is 8.83. The van der Waals surface area contributed by atoms with Crippen molar-refractivity contribution in [1.29, 1.82) is 0 Å². The number of hydrogen-bond donors (Lipinski definition) is 2. The van der Waals surface area contributed by atoms with Gasteiger partial charge >= 0.3 is 0 Å². The first kappa shape index (κ1) is 23.6. The zero-order valence-corrected chi connectivity index (χ0v) is 18.9. The maximum absolute atomic E-state index is 13.1. The van der Waals surface area contributed by atoms with Gasteiger partial charge in [0.25, 0.3) is 5.89 Å². The normalized spacial score (nSPS) is 18.1. The molecule has 172 valence electrons. The molecule has 1 aromatic carbocycles. The van der Waals surface area contributed by atoms with Gasteiger partial charge in [-0.3, -0.25) is 14.4 Å². The van der Waals surface area contributed by atoms with Crippen LogP contribution in [-0.4, -0.2) is 57.4 Å². The molecule has 2 aromatic rings. The van der Waals surface area contributed by atoms with E-state index < -0.39 is 23.9 Å². The molecule has 1 saturated heterocycles. The van der Waals surface area contributed by atoms with Crippen molar-refractivity contribution in [2.45, 2.75) is 58.7 Å². The number of hydrogen-bond acceptors (Lipinski definition) is 7. The fourth-order valence-electron chi connectivity index (χ4n) is 3.72. The van der Waals surface area contributed by atoms with E-state index >= 15 is 0 Å². The third-order valence-electron chi connectivity index (χ3n) is 5.75. The molecule has 2 amide bonds. The van der Waals surface area contributed by atoms with E-state index in [-0.39, 0.29) is 35.4 Å². The number of carbonyl (C=O) groups excluding carboxylic acids is 3. The van der Waals surface area contributed by atoms with Gasteiger partial charge in [-0.15, -0.1) is 10.2 Å². The molecular weight excluding hydrogens is 410 g/mol. The van der Waals surface area contributed by atoms with Gasteiger partial charge in [0, 0.05) is 12.1 Å². The van der Waals surface area contributed by atoms with Gasteiger partial charge in [-0.25, -0.2) is 0 Å². The van der Waals surface area contributed by atoms with Crippen molar-refractivity contribution in [3.8, 4) is 11.5 Å². The Kier molecular flexibility index (Phi) is 7.40. The summed E-state index contributed by atoms with van der Waals surface area (Å²) < 4.78 is 5.58. The van der Waals surface area contributed by atoms with Gasteiger partial charge in [0.15, 0.2) is 0 Å². The largest absolute Gasteiger partial charge is 0.414 e. The average molecular weight is 442 g/mol. The quantitative estimate of drug-likeness (QED) is 0.599. The smallest absolute Gasteiger partial charge is 0.286 e. The van der Waals surface area contributed by atoms with Crippen LogP contribution in [0.15, 0.2) is 34.7 Å². The molecule has 32 heavy (non-hydrogen) atoms. The Morgan fingerprint density at radius 1 is 1.09 bits per heavy atom. The third-order valence-corrected chi connectivity index (χ3v) is 5.75. The molecule has 2 heterocycles. The Balaban J connectivity index is 1.73. The fourth-order valence-corrected chi connectivity index (χ4v) is 3.72. The van der Waals surface area contributed by atoms with E-state index in [1.165, 1.54) is 4.90 Å². The first-order valence-corrected chi connectivity index (χ1v) is 11.0. The van der Waals surface area contributed by atoms with Gasteiger partial charge in [0.05, 0.1) is 12.1 Å².